The number of rotatable bonds is 10. The standard InChI is InChI=1S/C23H26N4O4S3/c1-27(2)34(30,31)18-11-7-10-17(14-18)21(28)24-19(12-13-32-3)22(29)26-23-25-20(15-33-23)16-8-5-4-6-9-16/h4-11,14-15,19H,12-13H2,1-3H3,(H,24,28)(H,25,26,29). The van der Waals surface area contributed by atoms with E-state index in [0.29, 0.717) is 17.3 Å². The molecule has 2 N–H and O–H groups in total. The number of benzene rings is 2. The van der Waals surface area contributed by atoms with E-state index in [0.717, 1.165) is 15.6 Å². The topological polar surface area (TPSA) is 108 Å². The minimum atomic E-state index is -3.69. The molecule has 0 saturated heterocycles. The van der Waals surface area contributed by atoms with E-state index >= 15 is 0 Å². The van der Waals surface area contributed by atoms with Gasteiger partial charge in [0.25, 0.3) is 5.91 Å². The third kappa shape index (κ3) is 6.44. The quantitative estimate of drug-likeness (QED) is 0.425. The van der Waals surface area contributed by atoms with E-state index in [1.165, 1.54) is 49.7 Å². The number of carbonyl (C=O) groups is 2. The molecule has 1 unspecified atom stereocenters. The highest BCUT2D eigenvalue weighted by Crippen LogP contribution is 2.25. The van der Waals surface area contributed by atoms with Crippen LogP contribution in [0.4, 0.5) is 5.13 Å². The Labute approximate surface area is 207 Å². The summed E-state index contributed by atoms with van der Waals surface area (Å²) in [5, 5.41) is 7.82. The zero-order chi connectivity index (χ0) is 24.7. The highest BCUT2D eigenvalue weighted by atomic mass is 32.2. The summed E-state index contributed by atoms with van der Waals surface area (Å²) in [5.74, 6) is -0.254. The zero-order valence-electron chi connectivity index (χ0n) is 19.0. The molecule has 11 heteroatoms. The number of anilines is 1. The van der Waals surface area contributed by atoms with Gasteiger partial charge in [-0.05, 0) is 36.6 Å². The van der Waals surface area contributed by atoms with Crippen LogP contribution in [0.1, 0.15) is 16.8 Å². The first kappa shape index (κ1) is 25.9. The minimum Gasteiger partial charge on any atom is -0.340 e. The van der Waals surface area contributed by atoms with Gasteiger partial charge in [-0.2, -0.15) is 11.8 Å². The minimum absolute atomic E-state index is 0.00601. The second kappa shape index (κ2) is 11.6. The summed E-state index contributed by atoms with van der Waals surface area (Å²) in [6, 6.07) is 14.6. The normalized spacial score (nSPS) is 12.4. The van der Waals surface area contributed by atoms with Crippen molar-refractivity contribution >= 4 is 50.1 Å². The van der Waals surface area contributed by atoms with Crippen LogP contribution in [0.5, 0.6) is 0 Å². The Morgan fingerprint density at radius 1 is 1.12 bits per heavy atom. The van der Waals surface area contributed by atoms with Gasteiger partial charge in [-0.3, -0.25) is 9.59 Å². The van der Waals surface area contributed by atoms with Gasteiger partial charge in [-0.25, -0.2) is 17.7 Å². The Morgan fingerprint density at radius 2 is 1.85 bits per heavy atom. The van der Waals surface area contributed by atoms with E-state index in [-0.39, 0.29) is 16.4 Å². The van der Waals surface area contributed by atoms with Crippen LogP contribution in [0.15, 0.2) is 64.9 Å². The molecule has 3 aromatic rings. The average Bonchev–Trinajstić information content (AvgIpc) is 3.30. The molecule has 0 aliphatic carbocycles. The second-order valence-corrected chi connectivity index (χ2v) is 11.5. The fraction of sp³-hybridized carbons (Fsp3) is 0.261. The van der Waals surface area contributed by atoms with Gasteiger partial charge in [-0.15, -0.1) is 11.3 Å². The van der Waals surface area contributed by atoms with E-state index in [4.69, 9.17) is 0 Å². The molecule has 3 rings (SSSR count). The van der Waals surface area contributed by atoms with Crippen LogP contribution in [0.2, 0.25) is 0 Å². The third-order valence-electron chi connectivity index (χ3n) is 4.91. The molecule has 0 spiro atoms. The van der Waals surface area contributed by atoms with Crippen LogP contribution in [-0.2, 0) is 14.8 Å². The molecular formula is C23H26N4O4S3. The predicted octanol–water partition coefficient (Wildman–Crippen LogP) is 3.55. The van der Waals surface area contributed by atoms with Gasteiger partial charge in [0.1, 0.15) is 6.04 Å². The lowest BCUT2D eigenvalue weighted by Gasteiger charge is -2.18. The molecule has 0 fully saturated rings. The van der Waals surface area contributed by atoms with Crippen molar-refractivity contribution < 1.29 is 18.0 Å². The summed E-state index contributed by atoms with van der Waals surface area (Å²) in [6.45, 7) is 0. The van der Waals surface area contributed by atoms with Gasteiger partial charge in [0.15, 0.2) is 5.13 Å². The number of thiazole rings is 1. The zero-order valence-corrected chi connectivity index (χ0v) is 21.5. The summed E-state index contributed by atoms with van der Waals surface area (Å²) in [5.41, 5.74) is 1.86. The number of nitrogens with zero attached hydrogens (tertiary/aromatic N) is 2. The average molecular weight is 519 g/mol. The molecule has 0 aliphatic heterocycles. The van der Waals surface area contributed by atoms with Gasteiger partial charge in [-0.1, -0.05) is 36.4 Å². The van der Waals surface area contributed by atoms with Gasteiger partial charge >= 0.3 is 0 Å². The SMILES string of the molecule is CSCCC(NC(=O)c1cccc(S(=O)(=O)N(C)C)c1)C(=O)Nc1nc(-c2ccccc2)cs1. The molecule has 8 nitrogen and oxygen atoms in total. The molecule has 1 aromatic heterocycles. The number of nitrogens with one attached hydrogen (secondary N) is 2. The highest BCUT2D eigenvalue weighted by molar-refractivity contribution is 7.98. The van der Waals surface area contributed by atoms with Crippen LogP contribution in [0.3, 0.4) is 0 Å². The van der Waals surface area contributed by atoms with Crippen molar-refractivity contribution in [1.82, 2.24) is 14.6 Å². The molecular weight excluding hydrogens is 492 g/mol. The van der Waals surface area contributed by atoms with Gasteiger partial charge in [0.05, 0.1) is 10.6 Å². The Balaban J connectivity index is 1.74. The monoisotopic (exact) mass is 518 g/mol. The Morgan fingerprint density at radius 3 is 2.53 bits per heavy atom. The number of carbonyl (C=O) groups excluding carboxylic acids is 2. The fourth-order valence-corrected chi connectivity index (χ4v) is 5.16. The molecule has 0 radical (unpaired) electrons. The van der Waals surface area contributed by atoms with Crippen molar-refractivity contribution in [2.45, 2.75) is 17.4 Å². The van der Waals surface area contributed by atoms with Gasteiger partial charge < -0.3 is 10.6 Å². The van der Waals surface area contributed by atoms with Crippen LogP contribution in [-0.4, -0.2) is 61.7 Å². The molecule has 1 atom stereocenters. The molecule has 0 saturated carbocycles. The Hall–Kier alpha value is -2.73. The number of hydrogen-bond acceptors (Lipinski definition) is 7. The second-order valence-electron chi connectivity index (χ2n) is 7.52. The van der Waals surface area contributed by atoms with Gasteiger partial charge in [0, 0.05) is 30.6 Å². The third-order valence-corrected chi connectivity index (χ3v) is 8.12. The van der Waals surface area contributed by atoms with Crippen molar-refractivity contribution in [3.63, 3.8) is 0 Å². The first-order chi connectivity index (χ1) is 16.2. The number of thioether (sulfide) groups is 1. The maximum absolute atomic E-state index is 13.0. The van der Waals surface area contributed by atoms with Crippen LogP contribution < -0.4 is 10.6 Å². The lowest BCUT2D eigenvalue weighted by atomic mass is 10.1. The molecule has 0 aliphatic rings. The van der Waals surface area contributed by atoms with Crippen molar-refractivity contribution in [1.29, 1.82) is 0 Å². The van der Waals surface area contributed by atoms with E-state index in [1.54, 1.807) is 11.8 Å². The maximum atomic E-state index is 13.0. The fourth-order valence-electron chi connectivity index (χ4n) is 3.02. The van der Waals surface area contributed by atoms with E-state index < -0.39 is 22.0 Å². The van der Waals surface area contributed by atoms with Crippen molar-refractivity contribution in [2.24, 2.45) is 0 Å². The van der Waals surface area contributed by atoms with Crippen molar-refractivity contribution in [3.05, 3.63) is 65.5 Å². The first-order valence-electron chi connectivity index (χ1n) is 10.4. The number of aromatic nitrogens is 1. The molecule has 180 valence electrons. The predicted molar refractivity (Wildman–Crippen MR) is 138 cm³/mol. The molecule has 2 aromatic carbocycles. The van der Waals surface area contributed by atoms with E-state index in [2.05, 4.69) is 15.6 Å². The molecule has 0 bridgehead atoms. The summed E-state index contributed by atoms with van der Waals surface area (Å²) in [4.78, 5) is 30.3. The number of sulfonamides is 1. The lowest BCUT2D eigenvalue weighted by Crippen LogP contribution is -2.44. The van der Waals surface area contributed by atoms with E-state index in [1.807, 2.05) is 42.0 Å². The Kier molecular flexibility index (Phi) is 8.84. The Bertz CT molecular complexity index is 1240. The largest absolute Gasteiger partial charge is 0.340 e. The lowest BCUT2D eigenvalue weighted by molar-refractivity contribution is -0.118. The number of hydrogen-bond donors (Lipinski definition) is 2. The van der Waals surface area contributed by atoms with Crippen molar-refractivity contribution in [3.8, 4) is 11.3 Å². The first-order valence-corrected chi connectivity index (χ1v) is 14.1. The summed E-state index contributed by atoms with van der Waals surface area (Å²) in [6.07, 6.45) is 2.32. The highest BCUT2D eigenvalue weighted by Gasteiger charge is 2.24. The summed E-state index contributed by atoms with van der Waals surface area (Å²) in [7, 11) is -0.843. The van der Waals surface area contributed by atoms with Crippen molar-refractivity contribution in [2.75, 3.05) is 31.4 Å². The summed E-state index contributed by atoms with van der Waals surface area (Å²) >= 11 is 2.86. The van der Waals surface area contributed by atoms with Crippen LogP contribution >= 0.6 is 23.1 Å². The number of amides is 2. The van der Waals surface area contributed by atoms with Crippen LogP contribution in [0, 0.1) is 0 Å². The molecule has 34 heavy (non-hydrogen) atoms. The van der Waals surface area contributed by atoms with Gasteiger partial charge in [0.2, 0.25) is 15.9 Å². The van der Waals surface area contributed by atoms with E-state index in [9.17, 15) is 18.0 Å². The smallest absolute Gasteiger partial charge is 0.251 e. The van der Waals surface area contributed by atoms with Crippen LogP contribution in [0.25, 0.3) is 11.3 Å². The molecule has 2 amide bonds. The molecule has 1 heterocycles. The maximum Gasteiger partial charge on any atom is 0.251 e. The summed E-state index contributed by atoms with van der Waals surface area (Å²) < 4.78 is 25.9.